The Morgan fingerprint density at radius 2 is 1.58 bits per heavy atom. The third kappa shape index (κ3) is 7.93. The van der Waals surface area contributed by atoms with E-state index in [1.807, 2.05) is 30.1 Å². The van der Waals surface area contributed by atoms with Crippen LogP contribution in [0.5, 0.6) is 0 Å². The first-order chi connectivity index (χ1) is 17.9. The quantitative estimate of drug-likeness (QED) is 0.517. The van der Waals surface area contributed by atoms with E-state index in [0.717, 1.165) is 5.56 Å². The van der Waals surface area contributed by atoms with Crippen molar-refractivity contribution in [1.29, 1.82) is 0 Å². The normalized spacial score (nSPS) is 13.1. The van der Waals surface area contributed by atoms with Crippen LogP contribution in [0.25, 0.3) is 0 Å². The Morgan fingerprint density at radius 3 is 2.18 bits per heavy atom. The predicted octanol–water partition coefficient (Wildman–Crippen LogP) is 3.83. The second-order valence-corrected chi connectivity index (χ2v) is 10.9. The minimum Gasteiger partial charge on any atom is -0.444 e. The first kappa shape index (κ1) is 29.4. The molecule has 10 heteroatoms. The number of anilines is 1. The van der Waals surface area contributed by atoms with Crippen LogP contribution in [0.15, 0.2) is 42.5 Å². The minimum atomic E-state index is -0.619. The van der Waals surface area contributed by atoms with Crippen molar-refractivity contribution in [3.8, 4) is 0 Å². The second kappa shape index (κ2) is 12.6. The van der Waals surface area contributed by atoms with E-state index in [2.05, 4.69) is 17.4 Å². The largest absolute Gasteiger partial charge is 0.444 e. The number of halogens is 1. The lowest BCUT2D eigenvalue weighted by Gasteiger charge is -2.29. The van der Waals surface area contributed by atoms with Crippen LogP contribution in [0.4, 0.5) is 10.5 Å². The summed E-state index contributed by atoms with van der Waals surface area (Å²) >= 11 is 6.23. The number of rotatable bonds is 9. The lowest BCUT2D eigenvalue weighted by molar-refractivity contribution is -0.145. The molecule has 1 aliphatic rings. The summed E-state index contributed by atoms with van der Waals surface area (Å²) in [5.74, 6) is -0.377. The molecule has 0 saturated carbocycles. The first-order valence-electron chi connectivity index (χ1n) is 12.7. The molecule has 0 spiro atoms. The third-order valence-electron chi connectivity index (χ3n) is 6.29. The van der Waals surface area contributed by atoms with Crippen LogP contribution in [-0.2, 0) is 27.4 Å². The highest BCUT2D eigenvalue weighted by atomic mass is 35.5. The van der Waals surface area contributed by atoms with E-state index in [0.29, 0.717) is 23.8 Å². The Kier molecular flexibility index (Phi) is 9.76. The predicted molar refractivity (Wildman–Crippen MR) is 149 cm³/mol. The zero-order valence-electron chi connectivity index (χ0n) is 23.1. The summed E-state index contributed by atoms with van der Waals surface area (Å²) in [7, 11) is 3.37. The molecule has 0 saturated heterocycles. The molecule has 0 atom stereocenters. The number of hydrazine groups is 1. The molecule has 0 aromatic heterocycles. The molecule has 2 aromatic carbocycles. The number of nitrogens with zero attached hydrogens (tertiary/aromatic N) is 4. The zero-order valence-corrected chi connectivity index (χ0v) is 23.8. The number of fused-ring (bicyclic) bond motifs is 1. The van der Waals surface area contributed by atoms with Gasteiger partial charge in [0.25, 0.3) is 5.91 Å². The maximum absolute atomic E-state index is 13.3. The highest BCUT2D eigenvalue weighted by molar-refractivity contribution is 6.31. The fourth-order valence-electron chi connectivity index (χ4n) is 4.11. The number of likely N-dealkylation sites (N-methyl/N-ethyl adjacent to an activating group) is 2. The van der Waals surface area contributed by atoms with Gasteiger partial charge in [-0.2, -0.15) is 0 Å². The van der Waals surface area contributed by atoms with E-state index >= 15 is 0 Å². The minimum absolute atomic E-state index is 0.00919. The van der Waals surface area contributed by atoms with Crippen LogP contribution in [0.2, 0.25) is 5.02 Å². The summed E-state index contributed by atoms with van der Waals surface area (Å²) in [5, 5.41) is 7.07. The fraction of sp³-hybridized carbons (Fsp3) is 0.464. The van der Waals surface area contributed by atoms with Gasteiger partial charge in [0.05, 0.1) is 13.1 Å². The number of carbonyl (C=O) groups is 3. The van der Waals surface area contributed by atoms with Crippen molar-refractivity contribution < 1.29 is 19.1 Å². The summed E-state index contributed by atoms with van der Waals surface area (Å²) < 4.78 is 5.42. The van der Waals surface area contributed by atoms with Gasteiger partial charge in [-0.3, -0.25) is 19.9 Å². The Bertz CT molecular complexity index is 1140. The number of nitrogens with one attached hydrogen (secondary N) is 1. The van der Waals surface area contributed by atoms with Crippen LogP contribution in [0.1, 0.15) is 37.5 Å². The van der Waals surface area contributed by atoms with Crippen LogP contribution in [-0.4, -0.2) is 78.7 Å². The number of amides is 3. The van der Waals surface area contributed by atoms with E-state index < -0.39 is 11.7 Å². The van der Waals surface area contributed by atoms with Crippen LogP contribution in [0.3, 0.4) is 0 Å². The molecule has 3 amide bonds. The van der Waals surface area contributed by atoms with Gasteiger partial charge >= 0.3 is 6.09 Å². The molecule has 0 aliphatic carbocycles. The lowest BCUT2D eigenvalue weighted by Crippen LogP contribution is -2.48. The smallest absolute Gasteiger partial charge is 0.410 e. The first-order valence-corrected chi connectivity index (χ1v) is 13.0. The van der Waals surface area contributed by atoms with Crippen molar-refractivity contribution in [2.24, 2.45) is 0 Å². The maximum Gasteiger partial charge on any atom is 0.410 e. The fourth-order valence-corrected chi connectivity index (χ4v) is 4.27. The van der Waals surface area contributed by atoms with Crippen molar-refractivity contribution in [2.75, 3.05) is 45.2 Å². The maximum atomic E-state index is 13.3. The monoisotopic (exact) mass is 543 g/mol. The van der Waals surface area contributed by atoms with Gasteiger partial charge in [0, 0.05) is 51.0 Å². The number of aryl methyl sites for hydroxylation is 1. The zero-order chi connectivity index (χ0) is 28.0. The van der Waals surface area contributed by atoms with E-state index in [9.17, 15) is 14.4 Å². The summed E-state index contributed by atoms with van der Waals surface area (Å²) in [5.41, 5.74) is 3.32. The van der Waals surface area contributed by atoms with Crippen LogP contribution >= 0.6 is 11.6 Å². The average Bonchev–Trinajstić information content (AvgIpc) is 3.28. The number of benzene rings is 2. The molecule has 3 rings (SSSR count). The van der Waals surface area contributed by atoms with Gasteiger partial charge in [-0.25, -0.2) is 9.80 Å². The molecule has 1 N–H and O–H groups in total. The van der Waals surface area contributed by atoms with Crippen molar-refractivity contribution in [2.45, 2.75) is 46.4 Å². The molecular formula is C28H38ClN5O4. The lowest BCUT2D eigenvalue weighted by atomic mass is 10.1. The van der Waals surface area contributed by atoms with Crippen molar-refractivity contribution >= 4 is 35.2 Å². The van der Waals surface area contributed by atoms with Gasteiger partial charge in [0.2, 0.25) is 5.91 Å². The molecule has 38 heavy (non-hydrogen) atoms. The summed E-state index contributed by atoms with van der Waals surface area (Å²) in [4.78, 5) is 41.6. The summed E-state index contributed by atoms with van der Waals surface area (Å²) in [6, 6.07) is 13.5. The average molecular weight is 544 g/mol. The van der Waals surface area contributed by atoms with Gasteiger partial charge in [-0.05, 0) is 56.5 Å². The van der Waals surface area contributed by atoms with E-state index in [1.54, 1.807) is 56.9 Å². The number of hydrogen-bond donors (Lipinski definition) is 1. The molecule has 0 fully saturated rings. The van der Waals surface area contributed by atoms with Crippen molar-refractivity contribution in [3.05, 3.63) is 64.2 Å². The van der Waals surface area contributed by atoms with Crippen LogP contribution < -0.4 is 10.2 Å². The summed E-state index contributed by atoms with van der Waals surface area (Å²) in [6.07, 6.45) is -0.469. The van der Waals surface area contributed by atoms with Gasteiger partial charge in [-0.1, -0.05) is 41.9 Å². The Labute approximate surface area is 230 Å². The van der Waals surface area contributed by atoms with Gasteiger partial charge in [0.15, 0.2) is 0 Å². The molecule has 1 heterocycles. The summed E-state index contributed by atoms with van der Waals surface area (Å²) in [6.45, 7) is 9.08. The molecule has 0 bridgehead atoms. The SMILES string of the molecule is Cc1ccc(Cl)cc1N(CCN(C)C(=O)OC(C)(C)C)C(=O)CNCC(=O)N(C)N1Cc2ccccc2C1. The van der Waals surface area contributed by atoms with Crippen LogP contribution in [0, 0.1) is 6.92 Å². The van der Waals surface area contributed by atoms with Gasteiger partial charge in [-0.15, -0.1) is 0 Å². The van der Waals surface area contributed by atoms with Crippen molar-refractivity contribution in [3.63, 3.8) is 0 Å². The molecule has 0 radical (unpaired) electrons. The number of ether oxygens (including phenoxy) is 1. The second-order valence-electron chi connectivity index (χ2n) is 10.5. The number of carbonyl (C=O) groups excluding carboxylic acids is 3. The Hall–Kier alpha value is -3.14. The molecule has 1 aliphatic heterocycles. The molecular weight excluding hydrogens is 506 g/mol. The van der Waals surface area contributed by atoms with Crippen molar-refractivity contribution in [1.82, 2.24) is 20.2 Å². The van der Waals surface area contributed by atoms with E-state index in [4.69, 9.17) is 16.3 Å². The highest BCUT2D eigenvalue weighted by Gasteiger charge is 2.26. The Morgan fingerprint density at radius 1 is 0.974 bits per heavy atom. The molecule has 2 aromatic rings. The number of hydrogen-bond acceptors (Lipinski definition) is 6. The van der Waals surface area contributed by atoms with Gasteiger partial charge in [0.1, 0.15) is 5.60 Å². The Balaban J connectivity index is 1.60. The molecule has 9 nitrogen and oxygen atoms in total. The third-order valence-corrected chi connectivity index (χ3v) is 6.52. The van der Waals surface area contributed by atoms with E-state index in [1.165, 1.54) is 16.0 Å². The standard InChI is InChI=1S/C28H38ClN5O4/c1-20-11-12-23(29)15-24(20)34(14-13-31(5)27(37)38-28(2,3)4)26(36)17-30-16-25(35)32(6)33-18-21-9-7-8-10-22(21)19-33/h7-12,15,30H,13-14,16-19H2,1-6H3. The van der Waals surface area contributed by atoms with E-state index in [-0.39, 0.29) is 38.0 Å². The topological polar surface area (TPSA) is 85.4 Å². The highest BCUT2D eigenvalue weighted by Crippen LogP contribution is 2.25. The van der Waals surface area contributed by atoms with Gasteiger partial charge < -0.3 is 14.5 Å². The molecule has 206 valence electrons. The molecule has 0 unspecified atom stereocenters.